The molecule has 9 nitrogen and oxygen atoms in total. The van der Waals surface area contributed by atoms with E-state index in [2.05, 4.69) is 15.4 Å². The van der Waals surface area contributed by atoms with Gasteiger partial charge in [0.1, 0.15) is 5.69 Å². The summed E-state index contributed by atoms with van der Waals surface area (Å²) in [4.78, 5) is 22.5. The van der Waals surface area contributed by atoms with E-state index in [1.54, 1.807) is 6.07 Å². The number of sulfonamides is 1. The van der Waals surface area contributed by atoms with E-state index >= 15 is 0 Å². The normalized spacial score (nSPS) is 11.3. The fourth-order valence-corrected chi connectivity index (χ4v) is 3.20. The minimum Gasteiger partial charge on any atom is -0.371 e. The Morgan fingerprint density at radius 3 is 2.50 bits per heavy atom. The van der Waals surface area contributed by atoms with Gasteiger partial charge in [-0.1, -0.05) is 26.0 Å². The molecule has 150 valence electrons. The van der Waals surface area contributed by atoms with E-state index in [0.717, 1.165) is 11.6 Å². The van der Waals surface area contributed by atoms with E-state index < -0.39 is 20.6 Å². The van der Waals surface area contributed by atoms with Gasteiger partial charge in [0.25, 0.3) is 5.69 Å². The summed E-state index contributed by atoms with van der Waals surface area (Å²) in [5.74, 6) is -0.0767. The highest BCUT2D eigenvalue weighted by Gasteiger charge is 2.20. The molecule has 3 N–H and O–H groups in total. The molecule has 28 heavy (non-hydrogen) atoms. The van der Waals surface area contributed by atoms with Crippen LogP contribution in [0.1, 0.15) is 25.3 Å². The van der Waals surface area contributed by atoms with E-state index in [0.29, 0.717) is 11.6 Å². The number of carbonyl (C=O) groups is 1. The van der Waals surface area contributed by atoms with E-state index in [9.17, 15) is 23.3 Å². The summed E-state index contributed by atoms with van der Waals surface area (Å²) in [5.41, 5.74) is 1.31. The van der Waals surface area contributed by atoms with Crippen molar-refractivity contribution in [3.05, 3.63) is 58.1 Å². The van der Waals surface area contributed by atoms with Crippen molar-refractivity contribution in [2.75, 3.05) is 24.2 Å². The predicted octanol–water partition coefficient (Wildman–Crippen LogP) is 2.68. The summed E-state index contributed by atoms with van der Waals surface area (Å²) < 4.78 is 25.7. The summed E-state index contributed by atoms with van der Waals surface area (Å²) >= 11 is 0. The fourth-order valence-electron chi connectivity index (χ4n) is 2.45. The van der Waals surface area contributed by atoms with Crippen molar-refractivity contribution in [1.29, 1.82) is 0 Å². The van der Waals surface area contributed by atoms with Crippen molar-refractivity contribution >= 4 is 33.0 Å². The molecular weight excluding hydrogens is 384 g/mol. The molecule has 0 aromatic heterocycles. The number of benzene rings is 2. The number of carbonyl (C=O) groups excluding carboxylic acids is 1. The lowest BCUT2D eigenvalue weighted by atomic mass is 10.0. The highest BCUT2D eigenvalue weighted by molar-refractivity contribution is 7.89. The number of anilines is 2. The standard InChI is InChI=1S/C18H22N4O5S/c1-12(2)13-5-4-6-14(9-13)21-18(23)11-20-16-8-7-15(28(26,27)19-3)10-17(16)22(24)25/h4-10,12,19-20H,11H2,1-3H3,(H,21,23). The molecule has 0 heterocycles. The van der Waals surface area contributed by atoms with Crippen LogP contribution >= 0.6 is 0 Å². The summed E-state index contributed by atoms with van der Waals surface area (Å²) in [6, 6.07) is 10.8. The number of amides is 1. The van der Waals surface area contributed by atoms with Crippen molar-refractivity contribution in [2.24, 2.45) is 0 Å². The Morgan fingerprint density at radius 2 is 1.89 bits per heavy atom. The monoisotopic (exact) mass is 406 g/mol. The molecule has 0 fully saturated rings. The van der Waals surface area contributed by atoms with Gasteiger partial charge in [0.2, 0.25) is 15.9 Å². The van der Waals surface area contributed by atoms with Gasteiger partial charge in [-0.25, -0.2) is 13.1 Å². The summed E-state index contributed by atoms with van der Waals surface area (Å²) in [6.07, 6.45) is 0. The van der Waals surface area contributed by atoms with Gasteiger partial charge in [0.05, 0.1) is 16.4 Å². The molecule has 0 unspecified atom stereocenters. The number of hydrogen-bond donors (Lipinski definition) is 3. The Kier molecular flexibility index (Phi) is 6.71. The number of nitro benzene ring substituents is 1. The van der Waals surface area contributed by atoms with Crippen LogP contribution in [0.4, 0.5) is 17.1 Å². The van der Waals surface area contributed by atoms with Crippen LogP contribution in [0.3, 0.4) is 0 Å². The van der Waals surface area contributed by atoms with Crippen LogP contribution < -0.4 is 15.4 Å². The zero-order valence-corrected chi connectivity index (χ0v) is 16.5. The fraction of sp³-hybridized carbons (Fsp3) is 0.278. The molecule has 0 aliphatic rings. The molecule has 0 saturated heterocycles. The van der Waals surface area contributed by atoms with Gasteiger partial charge in [-0.05, 0) is 42.8 Å². The third-order valence-electron chi connectivity index (χ3n) is 4.02. The first-order chi connectivity index (χ1) is 13.1. The summed E-state index contributed by atoms with van der Waals surface area (Å²) in [5, 5.41) is 16.7. The second kappa shape index (κ2) is 8.81. The van der Waals surface area contributed by atoms with Crippen molar-refractivity contribution in [2.45, 2.75) is 24.7 Å². The quantitative estimate of drug-likeness (QED) is 0.456. The molecule has 0 saturated carbocycles. The van der Waals surface area contributed by atoms with Gasteiger partial charge in [0, 0.05) is 11.8 Å². The van der Waals surface area contributed by atoms with Crippen LogP contribution in [0, 0.1) is 10.1 Å². The van der Waals surface area contributed by atoms with Gasteiger partial charge in [0.15, 0.2) is 0 Å². The first kappa shape index (κ1) is 21.3. The molecule has 2 rings (SSSR count). The highest BCUT2D eigenvalue weighted by Crippen LogP contribution is 2.27. The Morgan fingerprint density at radius 1 is 1.18 bits per heavy atom. The molecule has 1 amide bonds. The van der Waals surface area contributed by atoms with E-state index in [1.165, 1.54) is 19.2 Å². The maximum atomic E-state index is 12.2. The zero-order chi connectivity index (χ0) is 20.9. The van der Waals surface area contributed by atoms with Gasteiger partial charge in [-0.3, -0.25) is 14.9 Å². The zero-order valence-electron chi connectivity index (χ0n) is 15.7. The Hall–Kier alpha value is -2.98. The second-order valence-corrected chi connectivity index (χ2v) is 8.21. The molecule has 0 aliphatic carbocycles. The number of nitrogens with one attached hydrogen (secondary N) is 3. The minimum atomic E-state index is -3.82. The number of rotatable bonds is 8. The molecule has 0 atom stereocenters. The number of nitrogens with zero attached hydrogens (tertiary/aromatic N) is 1. The lowest BCUT2D eigenvalue weighted by molar-refractivity contribution is -0.384. The van der Waals surface area contributed by atoms with Gasteiger partial charge in [-0.2, -0.15) is 0 Å². The Bertz CT molecular complexity index is 989. The Labute approximate surface area is 163 Å². The molecule has 10 heteroatoms. The maximum absolute atomic E-state index is 12.2. The molecule has 2 aromatic rings. The molecule has 0 aliphatic heterocycles. The van der Waals surface area contributed by atoms with Crippen LogP contribution in [0.2, 0.25) is 0 Å². The van der Waals surface area contributed by atoms with Crippen molar-refractivity contribution in [3.63, 3.8) is 0 Å². The topological polar surface area (TPSA) is 130 Å². The average Bonchev–Trinajstić information content (AvgIpc) is 2.66. The first-order valence-electron chi connectivity index (χ1n) is 8.49. The number of nitro groups is 1. The molecule has 2 aromatic carbocycles. The Balaban J connectivity index is 2.12. The van der Waals surface area contributed by atoms with E-state index in [4.69, 9.17) is 0 Å². The predicted molar refractivity (Wildman–Crippen MR) is 107 cm³/mol. The lowest BCUT2D eigenvalue weighted by Crippen LogP contribution is -2.22. The van der Waals surface area contributed by atoms with Gasteiger partial charge >= 0.3 is 0 Å². The molecular formula is C18H22N4O5S. The largest absolute Gasteiger partial charge is 0.371 e. The minimum absolute atomic E-state index is 0.0473. The molecule has 0 spiro atoms. The van der Waals surface area contributed by atoms with Crippen LogP contribution in [-0.4, -0.2) is 32.8 Å². The van der Waals surface area contributed by atoms with Crippen LogP contribution in [0.15, 0.2) is 47.4 Å². The van der Waals surface area contributed by atoms with Crippen LogP contribution in [0.25, 0.3) is 0 Å². The third-order valence-corrected chi connectivity index (χ3v) is 5.43. The first-order valence-corrected chi connectivity index (χ1v) is 9.98. The van der Waals surface area contributed by atoms with Crippen LogP contribution in [0.5, 0.6) is 0 Å². The maximum Gasteiger partial charge on any atom is 0.293 e. The summed E-state index contributed by atoms with van der Waals surface area (Å²) in [7, 11) is -2.60. The van der Waals surface area contributed by atoms with Crippen molar-refractivity contribution < 1.29 is 18.1 Å². The highest BCUT2D eigenvalue weighted by atomic mass is 32.2. The van der Waals surface area contributed by atoms with Crippen molar-refractivity contribution in [1.82, 2.24) is 4.72 Å². The third kappa shape index (κ3) is 5.27. The van der Waals surface area contributed by atoms with Crippen molar-refractivity contribution in [3.8, 4) is 0 Å². The van der Waals surface area contributed by atoms with Gasteiger partial charge in [-0.15, -0.1) is 0 Å². The smallest absolute Gasteiger partial charge is 0.293 e. The van der Waals surface area contributed by atoms with E-state index in [-0.39, 0.29) is 23.0 Å². The lowest BCUT2D eigenvalue weighted by Gasteiger charge is -2.11. The molecule has 0 bridgehead atoms. The SMILES string of the molecule is CNS(=O)(=O)c1ccc(NCC(=O)Nc2cccc(C(C)C)c2)c([N+](=O)[O-])c1. The number of hydrogen-bond acceptors (Lipinski definition) is 6. The van der Waals surface area contributed by atoms with Gasteiger partial charge < -0.3 is 10.6 Å². The van der Waals surface area contributed by atoms with E-state index in [1.807, 2.05) is 32.0 Å². The average molecular weight is 406 g/mol. The molecule has 0 radical (unpaired) electrons. The summed E-state index contributed by atoms with van der Waals surface area (Å²) in [6.45, 7) is 3.87. The van der Waals surface area contributed by atoms with Crippen LogP contribution in [-0.2, 0) is 14.8 Å². The second-order valence-electron chi connectivity index (χ2n) is 6.33.